The highest BCUT2D eigenvalue weighted by Gasteiger charge is 1.98. The minimum atomic E-state index is -0.452. The van der Waals surface area contributed by atoms with Crippen LogP contribution in [0, 0.1) is 0 Å². The molecule has 0 radical (unpaired) electrons. The smallest absolute Gasteiger partial charge is 0.123 e. The lowest BCUT2D eigenvalue weighted by atomic mass is 10.1. The van der Waals surface area contributed by atoms with E-state index in [1.54, 1.807) is 0 Å². The van der Waals surface area contributed by atoms with Gasteiger partial charge in [0.15, 0.2) is 0 Å². The molecule has 1 aromatic carbocycles. The second-order valence-corrected chi connectivity index (χ2v) is 3.70. The van der Waals surface area contributed by atoms with E-state index in [2.05, 4.69) is 0 Å². The third-order valence-electron chi connectivity index (χ3n) is 2.16. The van der Waals surface area contributed by atoms with Crippen molar-refractivity contribution in [2.45, 2.75) is 25.8 Å². The molecule has 0 spiro atoms. The fraction of sp³-hybridized carbons (Fsp3) is 0.500. The van der Waals surface area contributed by atoms with Gasteiger partial charge in [-0.3, -0.25) is 0 Å². The van der Waals surface area contributed by atoms with Crippen molar-refractivity contribution in [1.82, 2.24) is 0 Å². The number of alkyl halides is 1. The van der Waals surface area contributed by atoms with Crippen molar-refractivity contribution in [3.8, 4) is 5.75 Å². The maximum atomic E-state index is 11.8. The molecule has 2 nitrogen and oxygen atoms in total. The predicted molar refractivity (Wildman–Crippen MR) is 59.9 cm³/mol. The molecule has 0 aliphatic carbocycles. The number of ether oxygens (including phenoxy) is 1. The Balaban J connectivity index is 2.41. The van der Waals surface area contributed by atoms with Crippen LogP contribution in [0.2, 0.25) is 0 Å². The molecule has 0 amide bonds. The summed E-state index contributed by atoms with van der Waals surface area (Å²) in [6.45, 7) is 1.67. The second kappa shape index (κ2) is 6.40. The zero-order valence-corrected chi connectivity index (χ0v) is 9.08. The molecule has 1 atom stereocenters. The number of hydrogen-bond donors (Lipinski definition) is 1. The SMILES string of the molecule is CC(N)CCc1ccc(OCCF)cc1. The highest BCUT2D eigenvalue weighted by molar-refractivity contribution is 5.27. The van der Waals surface area contributed by atoms with E-state index in [9.17, 15) is 4.39 Å². The molecule has 3 heteroatoms. The van der Waals surface area contributed by atoms with Crippen LogP contribution in [0.15, 0.2) is 24.3 Å². The summed E-state index contributed by atoms with van der Waals surface area (Å²) < 4.78 is 17.0. The maximum Gasteiger partial charge on any atom is 0.123 e. The summed E-state index contributed by atoms with van der Waals surface area (Å²) in [5.41, 5.74) is 6.91. The van der Waals surface area contributed by atoms with E-state index in [1.165, 1.54) is 5.56 Å². The summed E-state index contributed by atoms with van der Waals surface area (Å²) >= 11 is 0. The monoisotopic (exact) mass is 211 g/mol. The van der Waals surface area contributed by atoms with Crippen LogP contribution in [-0.2, 0) is 6.42 Å². The maximum absolute atomic E-state index is 11.8. The minimum Gasteiger partial charge on any atom is -0.491 e. The third-order valence-corrected chi connectivity index (χ3v) is 2.16. The second-order valence-electron chi connectivity index (χ2n) is 3.70. The number of hydrogen-bond acceptors (Lipinski definition) is 2. The van der Waals surface area contributed by atoms with Gasteiger partial charge in [-0.2, -0.15) is 0 Å². The summed E-state index contributed by atoms with van der Waals surface area (Å²) in [6.07, 6.45) is 1.95. The number of benzene rings is 1. The molecule has 0 fully saturated rings. The first-order chi connectivity index (χ1) is 7.22. The van der Waals surface area contributed by atoms with Crippen LogP contribution in [0.1, 0.15) is 18.9 Å². The predicted octanol–water partition coefficient (Wildman–Crippen LogP) is 2.31. The Labute approximate surface area is 90.2 Å². The van der Waals surface area contributed by atoms with Gasteiger partial charge in [0.05, 0.1) is 0 Å². The van der Waals surface area contributed by atoms with Crippen molar-refractivity contribution in [1.29, 1.82) is 0 Å². The molecule has 0 aliphatic heterocycles. The van der Waals surface area contributed by atoms with Gasteiger partial charge in [0.1, 0.15) is 19.0 Å². The molecule has 0 aliphatic rings. The van der Waals surface area contributed by atoms with E-state index in [0.717, 1.165) is 18.6 Å². The highest BCUT2D eigenvalue weighted by atomic mass is 19.1. The molecule has 0 aromatic heterocycles. The van der Waals surface area contributed by atoms with Gasteiger partial charge < -0.3 is 10.5 Å². The standard InChI is InChI=1S/C12H18FNO/c1-10(14)2-3-11-4-6-12(7-5-11)15-9-8-13/h4-7,10H,2-3,8-9,14H2,1H3. The zero-order chi connectivity index (χ0) is 11.1. The van der Waals surface area contributed by atoms with Crippen molar-refractivity contribution in [2.24, 2.45) is 5.73 Å². The van der Waals surface area contributed by atoms with Crippen LogP contribution in [0.4, 0.5) is 4.39 Å². The molecule has 0 heterocycles. The number of rotatable bonds is 6. The van der Waals surface area contributed by atoms with Gasteiger partial charge in [-0.05, 0) is 37.5 Å². The topological polar surface area (TPSA) is 35.2 Å². The lowest BCUT2D eigenvalue weighted by Gasteiger charge is -2.07. The minimum absolute atomic E-state index is 0.124. The Hall–Kier alpha value is -1.09. The summed E-state index contributed by atoms with van der Waals surface area (Å²) in [5.74, 6) is 0.720. The first-order valence-corrected chi connectivity index (χ1v) is 5.25. The van der Waals surface area contributed by atoms with Gasteiger partial charge in [-0.15, -0.1) is 0 Å². The Morgan fingerprint density at radius 1 is 1.33 bits per heavy atom. The van der Waals surface area contributed by atoms with E-state index in [4.69, 9.17) is 10.5 Å². The van der Waals surface area contributed by atoms with Crippen molar-refractivity contribution < 1.29 is 9.13 Å². The van der Waals surface area contributed by atoms with Crippen LogP contribution in [-0.4, -0.2) is 19.3 Å². The van der Waals surface area contributed by atoms with Crippen LogP contribution in [0.5, 0.6) is 5.75 Å². The quantitative estimate of drug-likeness (QED) is 0.783. The molecule has 1 unspecified atom stereocenters. The number of aryl methyl sites for hydroxylation is 1. The van der Waals surface area contributed by atoms with Crippen molar-refractivity contribution >= 4 is 0 Å². The van der Waals surface area contributed by atoms with Crippen LogP contribution in [0.3, 0.4) is 0 Å². The summed E-state index contributed by atoms with van der Waals surface area (Å²) in [6, 6.07) is 7.96. The Kier molecular flexibility index (Phi) is 5.12. The number of nitrogens with two attached hydrogens (primary N) is 1. The summed E-state index contributed by atoms with van der Waals surface area (Å²) in [5, 5.41) is 0. The van der Waals surface area contributed by atoms with Gasteiger partial charge in [0, 0.05) is 6.04 Å². The average molecular weight is 211 g/mol. The van der Waals surface area contributed by atoms with Gasteiger partial charge in [0.25, 0.3) is 0 Å². The first-order valence-electron chi connectivity index (χ1n) is 5.25. The van der Waals surface area contributed by atoms with Gasteiger partial charge in [-0.25, -0.2) is 4.39 Å². The summed E-state index contributed by atoms with van der Waals surface area (Å²) in [7, 11) is 0. The van der Waals surface area contributed by atoms with E-state index in [1.807, 2.05) is 31.2 Å². The Bertz CT molecular complexity index is 271. The number of halogens is 1. The van der Waals surface area contributed by atoms with Crippen molar-refractivity contribution in [2.75, 3.05) is 13.3 Å². The van der Waals surface area contributed by atoms with Gasteiger partial charge >= 0.3 is 0 Å². The van der Waals surface area contributed by atoms with Crippen LogP contribution < -0.4 is 10.5 Å². The molecule has 0 saturated carbocycles. The van der Waals surface area contributed by atoms with Gasteiger partial charge in [-0.1, -0.05) is 12.1 Å². The first kappa shape index (κ1) is 12.0. The molecule has 0 bridgehead atoms. The van der Waals surface area contributed by atoms with Crippen molar-refractivity contribution in [3.05, 3.63) is 29.8 Å². The third kappa shape index (κ3) is 4.79. The van der Waals surface area contributed by atoms with Crippen LogP contribution in [0.25, 0.3) is 0 Å². The molecule has 84 valence electrons. The lowest BCUT2D eigenvalue weighted by Crippen LogP contribution is -2.15. The molecule has 1 aromatic rings. The van der Waals surface area contributed by atoms with Crippen LogP contribution >= 0.6 is 0 Å². The fourth-order valence-corrected chi connectivity index (χ4v) is 1.30. The van der Waals surface area contributed by atoms with E-state index >= 15 is 0 Å². The lowest BCUT2D eigenvalue weighted by molar-refractivity contribution is 0.273. The molecule has 1 rings (SSSR count). The molecule has 0 saturated heterocycles. The van der Waals surface area contributed by atoms with Crippen molar-refractivity contribution in [3.63, 3.8) is 0 Å². The molecule has 15 heavy (non-hydrogen) atoms. The molecular weight excluding hydrogens is 193 g/mol. The zero-order valence-electron chi connectivity index (χ0n) is 9.08. The van der Waals surface area contributed by atoms with E-state index in [0.29, 0.717) is 0 Å². The average Bonchev–Trinajstić information content (AvgIpc) is 2.25. The molecular formula is C12H18FNO. The Morgan fingerprint density at radius 3 is 2.53 bits per heavy atom. The molecule has 2 N–H and O–H groups in total. The normalized spacial score (nSPS) is 12.5. The Morgan fingerprint density at radius 2 is 2.00 bits per heavy atom. The fourth-order valence-electron chi connectivity index (χ4n) is 1.30. The highest BCUT2D eigenvalue weighted by Crippen LogP contribution is 2.13. The summed E-state index contributed by atoms with van der Waals surface area (Å²) in [4.78, 5) is 0. The van der Waals surface area contributed by atoms with E-state index in [-0.39, 0.29) is 12.6 Å². The van der Waals surface area contributed by atoms with E-state index < -0.39 is 6.67 Å². The largest absolute Gasteiger partial charge is 0.491 e. The van der Waals surface area contributed by atoms with Gasteiger partial charge in [0.2, 0.25) is 0 Å².